The molecule has 0 saturated heterocycles. The van der Waals surface area contributed by atoms with E-state index in [9.17, 15) is 4.79 Å². The lowest BCUT2D eigenvalue weighted by Crippen LogP contribution is -2.07. The molecule has 2 N–H and O–H groups in total. The Morgan fingerprint density at radius 3 is 2.00 bits per heavy atom. The zero-order valence-corrected chi connectivity index (χ0v) is 7.66. The Balaban J connectivity index is 3.96. The number of amides is 1. The highest BCUT2D eigenvalue weighted by Gasteiger charge is 1.97. The lowest BCUT2D eigenvalue weighted by Gasteiger charge is -1.99. The van der Waals surface area contributed by atoms with Crippen LogP contribution >= 0.6 is 23.2 Å². The largest absolute Gasteiger partial charge is 0.366 e. The maximum atomic E-state index is 10.4. The van der Waals surface area contributed by atoms with Crippen molar-refractivity contribution < 1.29 is 4.79 Å². The van der Waals surface area contributed by atoms with Crippen LogP contribution in [0.2, 0.25) is 0 Å². The first-order valence-electron chi connectivity index (χ1n) is 3.31. The van der Waals surface area contributed by atoms with Crippen molar-refractivity contribution in [3.8, 4) is 0 Å². The minimum Gasteiger partial charge on any atom is -0.366 e. The molecule has 2 nitrogen and oxygen atoms in total. The predicted octanol–water partition coefficient (Wildman–Crippen LogP) is 1.66. The number of hydrogen-bond donors (Lipinski definition) is 1. The third-order valence-corrected chi connectivity index (χ3v) is 1.56. The Morgan fingerprint density at radius 1 is 1.27 bits per heavy atom. The second-order valence-electron chi connectivity index (χ2n) is 2.08. The molecule has 0 aliphatic heterocycles. The van der Waals surface area contributed by atoms with Crippen molar-refractivity contribution in [3.05, 3.63) is 11.6 Å². The van der Waals surface area contributed by atoms with Crippen molar-refractivity contribution in [2.45, 2.75) is 12.8 Å². The molecule has 4 heteroatoms. The van der Waals surface area contributed by atoms with Crippen LogP contribution in [0, 0.1) is 0 Å². The van der Waals surface area contributed by atoms with Gasteiger partial charge < -0.3 is 5.73 Å². The van der Waals surface area contributed by atoms with Crippen LogP contribution in [0.1, 0.15) is 12.8 Å². The summed E-state index contributed by atoms with van der Waals surface area (Å²) < 4.78 is 0. The standard InChI is InChI=1S/C7H11Cl2NO/c8-3-1-6(2-4-9)5-7(10)11/h5H,1-4H2,(H2,10,11). The molecular formula is C7H11Cl2NO. The molecule has 0 saturated carbocycles. The van der Waals surface area contributed by atoms with Gasteiger partial charge in [0.1, 0.15) is 0 Å². The average molecular weight is 196 g/mol. The topological polar surface area (TPSA) is 43.1 Å². The second kappa shape index (κ2) is 6.50. The first-order valence-corrected chi connectivity index (χ1v) is 4.38. The van der Waals surface area contributed by atoms with E-state index in [1.54, 1.807) is 0 Å². The van der Waals surface area contributed by atoms with Crippen molar-refractivity contribution in [3.63, 3.8) is 0 Å². The van der Waals surface area contributed by atoms with Gasteiger partial charge in [0.2, 0.25) is 5.91 Å². The molecule has 0 aliphatic carbocycles. The maximum absolute atomic E-state index is 10.4. The van der Waals surface area contributed by atoms with Crippen molar-refractivity contribution in [1.29, 1.82) is 0 Å². The lowest BCUT2D eigenvalue weighted by molar-refractivity contribution is -0.113. The van der Waals surface area contributed by atoms with Gasteiger partial charge in [0.15, 0.2) is 0 Å². The summed E-state index contributed by atoms with van der Waals surface area (Å²) in [5.74, 6) is 0.557. The summed E-state index contributed by atoms with van der Waals surface area (Å²) in [5, 5.41) is 0. The zero-order chi connectivity index (χ0) is 8.69. The van der Waals surface area contributed by atoms with Crippen molar-refractivity contribution in [1.82, 2.24) is 0 Å². The van der Waals surface area contributed by atoms with Gasteiger partial charge >= 0.3 is 0 Å². The number of rotatable bonds is 5. The van der Waals surface area contributed by atoms with E-state index in [-0.39, 0.29) is 0 Å². The van der Waals surface area contributed by atoms with Gasteiger partial charge in [0.05, 0.1) is 0 Å². The second-order valence-corrected chi connectivity index (χ2v) is 2.84. The van der Waals surface area contributed by atoms with E-state index in [2.05, 4.69) is 0 Å². The number of carbonyl (C=O) groups is 1. The molecule has 0 radical (unpaired) electrons. The van der Waals surface area contributed by atoms with Crippen LogP contribution in [0.3, 0.4) is 0 Å². The molecule has 0 aromatic rings. The smallest absolute Gasteiger partial charge is 0.241 e. The fraction of sp³-hybridized carbons (Fsp3) is 0.571. The van der Waals surface area contributed by atoms with Gasteiger partial charge in [0.25, 0.3) is 0 Å². The van der Waals surface area contributed by atoms with Gasteiger partial charge in [-0.25, -0.2) is 0 Å². The van der Waals surface area contributed by atoms with Crippen LogP contribution in [0.25, 0.3) is 0 Å². The fourth-order valence-electron chi connectivity index (χ4n) is 0.713. The van der Waals surface area contributed by atoms with Crippen LogP contribution in [0.4, 0.5) is 0 Å². The molecule has 0 atom stereocenters. The van der Waals surface area contributed by atoms with Gasteiger partial charge in [-0.15, -0.1) is 23.2 Å². The van der Waals surface area contributed by atoms with E-state index in [1.165, 1.54) is 6.08 Å². The Kier molecular flexibility index (Phi) is 6.37. The van der Waals surface area contributed by atoms with Crippen molar-refractivity contribution >= 4 is 29.1 Å². The van der Waals surface area contributed by atoms with Crippen LogP contribution in [0.5, 0.6) is 0 Å². The summed E-state index contributed by atoms with van der Waals surface area (Å²) in [6.07, 6.45) is 2.75. The quantitative estimate of drug-likeness (QED) is 0.527. The first kappa shape index (κ1) is 10.8. The molecule has 0 spiro atoms. The molecule has 0 heterocycles. The van der Waals surface area contributed by atoms with Gasteiger partial charge in [-0.1, -0.05) is 5.57 Å². The summed E-state index contributed by atoms with van der Waals surface area (Å²) in [6, 6.07) is 0. The van der Waals surface area contributed by atoms with Crippen molar-refractivity contribution in [2.75, 3.05) is 11.8 Å². The van der Waals surface area contributed by atoms with Gasteiger partial charge in [-0.05, 0) is 12.8 Å². The normalized spacial score (nSPS) is 9.27. The van der Waals surface area contributed by atoms with Crippen LogP contribution in [0.15, 0.2) is 11.6 Å². The van der Waals surface area contributed by atoms with Gasteiger partial charge in [-0.3, -0.25) is 4.79 Å². The molecule has 0 aliphatic rings. The molecular weight excluding hydrogens is 185 g/mol. The molecule has 11 heavy (non-hydrogen) atoms. The molecule has 64 valence electrons. The summed E-state index contributed by atoms with van der Waals surface area (Å²) in [4.78, 5) is 10.4. The summed E-state index contributed by atoms with van der Waals surface area (Å²) in [6.45, 7) is 0. The zero-order valence-electron chi connectivity index (χ0n) is 6.15. The summed E-state index contributed by atoms with van der Waals surface area (Å²) in [7, 11) is 0. The Hall–Kier alpha value is -0.210. The minimum absolute atomic E-state index is 0.435. The first-order chi connectivity index (χ1) is 5.20. The van der Waals surface area contributed by atoms with Gasteiger partial charge in [0, 0.05) is 17.8 Å². The molecule has 1 amide bonds. The van der Waals surface area contributed by atoms with Crippen LogP contribution < -0.4 is 5.73 Å². The number of hydrogen-bond acceptors (Lipinski definition) is 1. The lowest BCUT2D eigenvalue weighted by atomic mass is 10.1. The van der Waals surface area contributed by atoms with Gasteiger partial charge in [-0.2, -0.15) is 0 Å². The number of primary amides is 1. The SMILES string of the molecule is NC(=O)C=C(CCCl)CCCl. The van der Waals surface area contributed by atoms with E-state index in [0.717, 1.165) is 5.57 Å². The van der Waals surface area contributed by atoms with Crippen LogP contribution in [-0.4, -0.2) is 17.7 Å². The molecule has 0 aromatic carbocycles. The molecule has 0 fully saturated rings. The van der Waals surface area contributed by atoms with Crippen molar-refractivity contribution in [2.24, 2.45) is 5.73 Å². The van der Waals surface area contributed by atoms with E-state index in [1.807, 2.05) is 0 Å². The third-order valence-electron chi connectivity index (χ3n) is 1.18. The summed E-state index contributed by atoms with van der Waals surface area (Å²) >= 11 is 11.0. The highest BCUT2D eigenvalue weighted by atomic mass is 35.5. The fourth-order valence-corrected chi connectivity index (χ4v) is 1.20. The highest BCUT2D eigenvalue weighted by molar-refractivity contribution is 6.18. The molecule has 0 aromatic heterocycles. The monoisotopic (exact) mass is 195 g/mol. The number of halogens is 2. The Bertz CT molecular complexity index is 149. The van der Waals surface area contributed by atoms with E-state index in [0.29, 0.717) is 24.6 Å². The maximum Gasteiger partial charge on any atom is 0.241 e. The predicted molar refractivity (Wildman–Crippen MR) is 48.0 cm³/mol. The number of alkyl halides is 2. The number of allylic oxidation sites excluding steroid dienone is 1. The van der Waals surface area contributed by atoms with E-state index >= 15 is 0 Å². The van der Waals surface area contributed by atoms with E-state index in [4.69, 9.17) is 28.9 Å². The average Bonchev–Trinajstić information content (AvgIpc) is 1.87. The number of nitrogens with two attached hydrogens (primary N) is 1. The minimum atomic E-state index is -0.435. The third kappa shape index (κ3) is 6.20. The Labute approximate surface area is 76.3 Å². The molecule has 0 bridgehead atoms. The molecule has 0 unspecified atom stereocenters. The van der Waals surface area contributed by atoms with Crippen LogP contribution in [-0.2, 0) is 4.79 Å². The molecule has 0 rings (SSSR count). The summed E-state index contributed by atoms with van der Waals surface area (Å²) in [5.41, 5.74) is 5.87. The highest BCUT2D eigenvalue weighted by Crippen LogP contribution is 2.08. The Morgan fingerprint density at radius 2 is 1.73 bits per heavy atom. The number of carbonyl (C=O) groups excluding carboxylic acids is 1. The van der Waals surface area contributed by atoms with E-state index < -0.39 is 5.91 Å².